The van der Waals surface area contributed by atoms with Gasteiger partial charge in [-0.1, -0.05) is 37.2 Å². The average molecular weight is 440 g/mol. The van der Waals surface area contributed by atoms with Crippen molar-refractivity contribution >= 4 is 41.0 Å². The van der Waals surface area contributed by atoms with E-state index in [-0.39, 0.29) is 29.5 Å². The van der Waals surface area contributed by atoms with Gasteiger partial charge in [-0.3, -0.25) is 9.59 Å². The van der Waals surface area contributed by atoms with Crippen LogP contribution in [0.3, 0.4) is 0 Å². The van der Waals surface area contributed by atoms with Gasteiger partial charge in [-0.25, -0.2) is 9.97 Å². The largest absolute Gasteiger partial charge is 0.355 e. The zero-order valence-electron chi connectivity index (χ0n) is 17.4. The van der Waals surface area contributed by atoms with E-state index in [1.54, 1.807) is 6.07 Å². The summed E-state index contributed by atoms with van der Waals surface area (Å²) in [6.07, 6.45) is 3.01. The molecule has 1 N–H and O–H groups in total. The number of nitrogens with zero attached hydrogens (tertiary/aromatic N) is 4. The first-order valence-corrected chi connectivity index (χ1v) is 11.7. The molecule has 1 atom stereocenters. The van der Waals surface area contributed by atoms with Crippen LogP contribution in [0.15, 0.2) is 11.2 Å². The summed E-state index contributed by atoms with van der Waals surface area (Å²) in [5.41, 5.74) is 0. The number of piperazine rings is 1. The van der Waals surface area contributed by atoms with Gasteiger partial charge in [-0.15, -0.1) is 0 Å². The van der Waals surface area contributed by atoms with Gasteiger partial charge in [0.15, 0.2) is 5.16 Å². The lowest BCUT2D eigenvalue weighted by molar-refractivity contribution is -0.135. The Bertz CT molecular complexity index is 744. The minimum absolute atomic E-state index is 0.0263. The number of aromatic nitrogens is 2. The molecule has 1 aliphatic carbocycles. The van der Waals surface area contributed by atoms with Crippen molar-refractivity contribution in [1.29, 1.82) is 0 Å². The number of amides is 2. The minimum Gasteiger partial charge on any atom is -0.355 e. The zero-order valence-corrected chi connectivity index (χ0v) is 18.9. The highest BCUT2D eigenvalue weighted by Crippen LogP contribution is 2.32. The van der Waals surface area contributed by atoms with Crippen molar-refractivity contribution < 1.29 is 9.59 Å². The van der Waals surface area contributed by atoms with Crippen LogP contribution >= 0.6 is 23.4 Å². The van der Waals surface area contributed by atoms with Crippen molar-refractivity contribution in [1.82, 2.24) is 20.2 Å². The van der Waals surface area contributed by atoms with Crippen LogP contribution in [-0.4, -0.2) is 64.7 Å². The summed E-state index contributed by atoms with van der Waals surface area (Å²) >= 11 is 7.50. The normalized spacial score (nSPS) is 19.6. The number of thioether (sulfide) groups is 1. The van der Waals surface area contributed by atoms with Crippen LogP contribution in [0, 0.1) is 11.8 Å². The van der Waals surface area contributed by atoms with Gasteiger partial charge in [-0.05, 0) is 32.1 Å². The molecule has 29 heavy (non-hydrogen) atoms. The predicted octanol–water partition coefficient (Wildman–Crippen LogP) is 2.83. The summed E-state index contributed by atoms with van der Waals surface area (Å²) in [6, 6.07) is 1.88. The molecule has 160 valence electrons. The topological polar surface area (TPSA) is 78.4 Å². The van der Waals surface area contributed by atoms with Gasteiger partial charge >= 0.3 is 0 Å². The molecule has 2 aliphatic rings. The van der Waals surface area contributed by atoms with Crippen molar-refractivity contribution in [3.63, 3.8) is 0 Å². The molecule has 0 radical (unpaired) electrons. The monoisotopic (exact) mass is 439 g/mol. The molecule has 1 unspecified atom stereocenters. The summed E-state index contributed by atoms with van der Waals surface area (Å²) in [5, 5.41) is 3.77. The molecule has 7 nitrogen and oxygen atoms in total. The second-order valence-corrected chi connectivity index (χ2v) is 9.58. The molecule has 1 aromatic rings. The maximum Gasteiger partial charge on any atom is 0.230 e. The molecule has 1 saturated heterocycles. The van der Waals surface area contributed by atoms with Crippen molar-refractivity contribution in [3.8, 4) is 0 Å². The summed E-state index contributed by atoms with van der Waals surface area (Å²) in [5.74, 6) is 2.08. The number of hydrogen-bond donors (Lipinski definition) is 1. The molecule has 2 amide bonds. The lowest BCUT2D eigenvalue weighted by Gasteiger charge is -2.40. The Morgan fingerprint density at radius 1 is 1.31 bits per heavy atom. The molecule has 1 aliphatic heterocycles. The fraction of sp³-hybridized carbons (Fsp3) is 0.700. The molecular weight excluding hydrogens is 410 g/mol. The minimum atomic E-state index is -0.0263. The molecule has 1 aromatic heterocycles. The van der Waals surface area contributed by atoms with E-state index in [4.69, 9.17) is 11.6 Å². The van der Waals surface area contributed by atoms with E-state index >= 15 is 0 Å². The van der Waals surface area contributed by atoms with Gasteiger partial charge < -0.3 is 15.1 Å². The van der Waals surface area contributed by atoms with E-state index in [2.05, 4.69) is 41.0 Å². The second kappa shape index (κ2) is 9.98. The van der Waals surface area contributed by atoms with Crippen molar-refractivity contribution in [2.24, 2.45) is 11.8 Å². The van der Waals surface area contributed by atoms with Gasteiger partial charge in [0.2, 0.25) is 11.8 Å². The van der Waals surface area contributed by atoms with Crippen molar-refractivity contribution in [2.75, 3.05) is 36.8 Å². The Labute approximate surface area is 182 Å². The number of halogens is 1. The molecule has 1 saturated carbocycles. The van der Waals surface area contributed by atoms with Crippen molar-refractivity contribution in [3.05, 3.63) is 11.2 Å². The lowest BCUT2D eigenvalue weighted by atomic mass is 10.1. The summed E-state index contributed by atoms with van der Waals surface area (Å²) in [6.45, 7) is 9.14. The quantitative estimate of drug-likeness (QED) is 0.381. The highest BCUT2D eigenvalue weighted by molar-refractivity contribution is 7.99. The molecule has 0 spiro atoms. The smallest absolute Gasteiger partial charge is 0.230 e. The Morgan fingerprint density at radius 3 is 2.72 bits per heavy atom. The third-order valence-corrected chi connectivity index (χ3v) is 6.24. The predicted molar refractivity (Wildman–Crippen MR) is 116 cm³/mol. The van der Waals surface area contributed by atoms with Crippen LogP contribution in [-0.2, 0) is 9.59 Å². The molecule has 9 heteroatoms. The van der Waals surface area contributed by atoms with Crippen LogP contribution in [0.2, 0.25) is 5.15 Å². The van der Waals surface area contributed by atoms with Crippen LogP contribution in [0.25, 0.3) is 0 Å². The number of hydrogen-bond acceptors (Lipinski definition) is 6. The highest BCUT2D eigenvalue weighted by Gasteiger charge is 2.37. The van der Waals surface area contributed by atoms with E-state index in [1.807, 2.05) is 4.90 Å². The number of carbonyl (C=O) groups excluding carboxylic acids is 2. The van der Waals surface area contributed by atoms with Gasteiger partial charge in [0.1, 0.15) is 11.0 Å². The summed E-state index contributed by atoms with van der Waals surface area (Å²) < 4.78 is 0. The zero-order chi connectivity index (χ0) is 21.0. The molecular formula is C20H30ClN5O2S. The second-order valence-electron chi connectivity index (χ2n) is 8.25. The van der Waals surface area contributed by atoms with Crippen LogP contribution in [0.4, 0.5) is 5.82 Å². The Morgan fingerprint density at radius 2 is 2.07 bits per heavy atom. The van der Waals surface area contributed by atoms with Crippen LogP contribution in [0.5, 0.6) is 0 Å². The van der Waals surface area contributed by atoms with E-state index < -0.39 is 0 Å². The maximum atomic E-state index is 12.4. The lowest BCUT2D eigenvalue weighted by Crippen LogP contribution is -2.54. The SMILES string of the molecule is CC(C)CCNC(=O)CSc1nc(Cl)cc(N2CCN(C(=O)C3CC3)C(C)C2)n1. The number of nitrogens with one attached hydrogen (secondary N) is 1. The highest BCUT2D eigenvalue weighted by atomic mass is 35.5. The van der Waals surface area contributed by atoms with Gasteiger partial charge in [-0.2, -0.15) is 0 Å². The molecule has 0 bridgehead atoms. The van der Waals surface area contributed by atoms with E-state index in [1.165, 1.54) is 11.8 Å². The Kier molecular flexibility index (Phi) is 7.62. The first-order valence-electron chi connectivity index (χ1n) is 10.3. The maximum absolute atomic E-state index is 12.4. The number of anilines is 1. The fourth-order valence-electron chi connectivity index (χ4n) is 3.35. The van der Waals surface area contributed by atoms with E-state index in [9.17, 15) is 9.59 Å². The molecule has 2 fully saturated rings. The molecule has 3 rings (SSSR count). The third-order valence-electron chi connectivity index (χ3n) is 5.20. The Balaban J connectivity index is 1.55. The Hall–Kier alpha value is -1.54. The summed E-state index contributed by atoms with van der Waals surface area (Å²) in [7, 11) is 0. The summed E-state index contributed by atoms with van der Waals surface area (Å²) in [4.78, 5) is 37.4. The first-order chi connectivity index (χ1) is 13.8. The number of carbonyl (C=O) groups is 2. The number of rotatable bonds is 8. The average Bonchev–Trinajstić information content (AvgIpc) is 3.50. The standard InChI is InChI=1S/C20H30ClN5O2S/c1-13(2)6-7-22-18(27)12-29-20-23-16(21)10-17(24-20)25-8-9-26(14(3)11-25)19(28)15-4-5-15/h10,13-15H,4-9,11-12H2,1-3H3,(H,22,27). The van der Waals surface area contributed by atoms with Gasteiger partial charge in [0, 0.05) is 44.2 Å². The van der Waals surface area contributed by atoms with Crippen LogP contribution < -0.4 is 10.2 Å². The van der Waals surface area contributed by atoms with E-state index in [0.717, 1.165) is 31.6 Å². The molecule has 0 aromatic carbocycles. The van der Waals surface area contributed by atoms with Crippen LogP contribution in [0.1, 0.15) is 40.0 Å². The first kappa shape index (κ1) is 22.2. The molecule has 2 heterocycles. The van der Waals surface area contributed by atoms with Gasteiger partial charge in [0.25, 0.3) is 0 Å². The fourth-order valence-corrected chi connectivity index (χ4v) is 4.26. The van der Waals surface area contributed by atoms with E-state index in [0.29, 0.717) is 35.9 Å². The third kappa shape index (κ3) is 6.47. The van der Waals surface area contributed by atoms with Gasteiger partial charge in [0.05, 0.1) is 5.75 Å². The van der Waals surface area contributed by atoms with Crippen molar-refractivity contribution in [2.45, 2.75) is 51.2 Å².